The summed E-state index contributed by atoms with van der Waals surface area (Å²) < 4.78 is 59.4. The van der Waals surface area contributed by atoms with Crippen molar-refractivity contribution in [1.82, 2.24) is 30.2 Å². The number of anilines is 2. The van der Waals surface area contributed by atoms with E-state index < -0.39 is 42.4 Å². The van der Waals surface area contributed by atoms with E-state index in [4.69, 9.17) is 0 Å². The molecule has 14 heteroatoms. The van der Waals surface area contributed by atoms with Gasteiger partial charge in [0.15, 0.2) is 5.60 Å². The van der Waals surface area contributed by atoms with Crippen LogP contribution in [0.25, 0.3) is 11.1 Å². The van der Waals surface area contributed by atoms with Gasteiger partial charge in [0.1, 0.15) is 30.6 Å². The minimum atomic E-state index is -3.91. The van der Waals surface area contributed by atoms with Crippen molar-refractivity contribution in [1.29, 1.82) is 0 Å². The lowest BCUT2D eigenvalue weighted by Gasteiger charge is -2.37. The monoisotopic (exact) mass is 634 g/mol. The van der Waals surface area contributed by atoms with Crippen LogP contribution in [-0.4, -0.2) is 73.2 Å². The standard InChI is InChI=1S/C32H30F4N8O2/c33-17-29(45)28-11-10-27(19-37-28)43-15-13-42(14-16-43)26-8-1-22(2-9-26)23-3-12-30(38-18-23)32(35,36)31(46,20-44-21-39-40-41-44)24-4-6-25(34)7-5-24/h1-12,18-19,21,29,45-46H,13-17,20H2. The van der Waals surface area contributed by atoms with Gasteiger partial charge in [-0.3, -0.25) is 9.97 Å². The molecule has 46 heavy (non-hydrogen) atoms. The maximum Gasteiger partial charge on any atom is 0.323 e. The van der Waals surface area contributed by atoms with Crippen LogP contribution >= 0.6 is 0 Å². The average molecular weight is 635 g/mol. The fourth-order valence-corrected chi connectivity index (χ4v) is 5.50. The van der Waals surface area contributed by atoms with Crippen LogP contribution in [0.2, 0.25) is 0 Å². The third-order valence-corrected chi connectivity index (χ3v) is 8.18. The van der Waals surface area contributed by atoms with E-state index in [1.165, 1.54) is 12.3 Å². The van der Waals surface area contributed by atoms with Gasteiger partial charge in [0.2, 0.25) is 0 Å². The number of tetrazole rings is 1. The fourth-order valence-electron chi connectivity index (χ4n) is 5.50. The van der Waals surface area contributed by atoms with Crippen molar-refractivity contribution in [2.45, 2.75) is 24.2 Å². The molecule has 2 unspecified atom stereocenters. The topological polar surface area (TPSA) is 116 Å². The summed E-state index contributed by atoms with van der Waals surface area (Å²) in [6.45, 7) is 1.40. The molecule has 0 bridgehead atoms. The Kier molecular flexibility index (Phi) is 8.65. The van der Waals surface area contributed by atoms with E-state index in [-0.39, 0.29) is 5.56 Å². The lowest BCUT2D eigenvalue weighted by atomic mass is 9.85. The molecule has 1 fully saturated rings. The van der Waals surface area contributed by atoms with E-state index in [0.717, 1.165) is 84.5 Å². The number of nitrogens with zero attached hydrogens (tertiary/aromatic N) is 8. The second-order valence-electron chi connectivity index (χ2n) is 11.0. The number of aromatic nitrogens is 6. The van der Waals surface area contributed by atoms with E-state index >= 15 is 8.78 Å². The second-order valence-corrected chi connectivity index (χ2v) is 11.0. The Morgan fingerprint density at radius 3 is 2.00 bits per heavy atom. The van der Waals surface area contributed by atoms with Gasteiger partial charge in [-0.1, -0.05) is 30.3 Å². The smallest absolute Gasteiger partial charge is 0.323 e. The maximum atomic E-state index is 16.1. The summed E-state index contributed by atoms with van der Waals surface area (Å²) in [4.78, 5) is 12.6. The number of rotatable bonds is 10. The predicted molar refractivity (Wildman–Crippen MR) is 161 cm³/mol. The fraction of sp³-hybridized carbons (Fsp3) is 0.281. The van der Waals surface area contributed by atoms with E-state index in [0.29, 0.717) is 11.3 Å². The highest BCUT2D eigenvalue weighted by Crippen LogP contribution is 2.46. The first-order valence-electron chi connectivity index (χ1n) is 14.5. The molecule has 0 amide bonds. The molecule has 0 radical (unpaired) electrons. The number of hydrogen-bond acceptors (Lipinski definition) is 9. The molecule has 1 aliphatic rings. The molecule has 6 rings (SSSR count). The Morgan fingerprint density at radius 2 is 1.43 bits per heavy atom. The van der Waals surface area contributed by atoms with Gasteiger partial charge in [-0.15, -0.1) is 5.10 Å². The zero-order valence-electron chi connectivity index (χ0n) is 24.5. The van der Waals surface area contributed by atoms with Crippen LogP contribution in [0.4, 0.5) is 28.9 Å². The van der Waals surface area contributed by atoms with Crippen LogP contribution < -0.4 is 9.80 Å². The van der Waals surface area contributed by atoms with Crippen molar-refractivity contribution in [3.8, 4) is 11.1 Å². The minimum absolute atomic E-state index is 0.223. The number of halogens is 4. The summed E-state index contributed by atoms with van der Waals surface area (Å²) in [5, 5.41) is 31.6. The van der Waals surface area contributed by atoms with Crippen molar-refractivity contribution in [2.75, 3.05) is 42.7 Å². The highest BCUT2D eigenvalue weighted by molar-refractivity contribution is 5.66. The maximum absolute atomic E-state index is 16.1. The number of alkyl halides is 3. The minimum Gasteiger partial charge on any atom is -0.384 e. The molecule has 5 aromatic rings. The zero-order valence-corrected chi connectivity index (χ0v) is 24.5. The van der Waals surface area contributed by atoms with Crippen LogP contribution in [0.1, 0.15) is 23.1 Å². The molecule has 0 aliphatic carbocycles. The molecule has 0 saturated carbocycles. The van der Waals surface area contributed by atoms with Gasteiger partial charge in [-0.25, -0.2) is 13.5 Å². The number of piperazine rings is 1. The van der Waals surface area contributed by atoms with E-state index in [1.54, 1.807) is 12.3 Å². The first-order valence-corrected chi connectivity index (χ1v) is 14.5. The summed E-state index contributed by atoms with van der Waals surface area (Å²) in [7, 11) is 0. The molecular weight excluding hydrogens is 604 g/mol. The molecule has 3 aromatic heterocycles. The average Bonchev–Trinajstić information content (AvgIpc) is 3.61. The summed E-state index contributed by atoms with van der Waals surface area (Å²) >= 11 is 0. The van der Waals surface area contributed by atoms with Crippen molar-refractivity contribution in [3.05, 3.63) is 114 Å². The summed E-state index contributed by atoms with van der Waals surface area (Å²) in [5.41, 5.74) is -0.147. The molecule has 2 atom stereocenters. The normalized spacial score (nSPS) is 15.9. The van der Waals surface area contributed by atoms with Gasteiger partial charge in [0.25, 0.3) is 0 Å². The van der Waals surface area contributed by atoms with Gasteiger partial charge in [0.05, 0.1) is 24.1 Å². The van der Waals surface area contributed by atoms with Crippen molar-refractivity contribution >= 4 is 11.4 Å². The van der Waals surface area contributed by atoms with Crippen molar-refractivity contribution in [3.63, 3.8) is 0 Å². The first-order chi connectivity index (χ1) is 22.2. The molecule has 2 aromatic carbocycles. The molecule has 0 spiro atoms. The lowest BCUT2D eigenvalue weighted by molar-refractivity contribution is -0.206. The Balaban J connectivity index is 1.14. The van der Waals surface area contributed by atoms with Crippen LogP contribution in [-0.2, 0) is 18.1 Å². The van der Waals surface area contributed by atoms with Gasteiger partial charge in [-0.2, -0.15) is 8.78 Å². The molecule has 1 aliphatic heterocycles. The third-order valence-electron chi connectivity index (χ3n) is 8.18. The lowest BCUT2D eigenvalue weighted by Crippen LogP contribution is -2.47. The molecule has 238 valence electrons. The summed E-state index contributed by atoms with van der Waals surface area (Å²) in [6.07, 6.45) is 2.85. The van der Waals surface area contributed by atoms with E-state index in [1.807, 2.05) is 30.3 Å². The summed E-state index contributed by atoms with van der Waals surface area (Å²) in [6, 6.07) is 18.0. The Bertz CT molecular complexity index is 1720. The van der Waals surface area contributed by atoms with Crippen LogP contribution in [0.5, 0.6) is 0 Å². The zero-order chi connectivity index (χ0) is 32.3. The number of hydrogen-bond donors (Lipinski definition) is 2. The first kappa shape index (κ1) is 31.0. The second kappa shape index (κ2) is 12.8. The largest absolute Gasteiger partial charge is 0.384 e. The van der Waals surface area contributed by atoms with Crippen LogP contribution in [0.3, 0.4) is 0 Å². The van der Waals surface area contributed by atoms with Crippen LogP contribution in [0.15, 0.2) is 91.5 Å². The Hall–Kier alpha value is -4.95. The Morgan fingerprint density at radius 1 is 0.783 bits per heavy atom. The van der Waals surface area contributed by atoms with Gasteiger partial charge < -0.3 is 20.0 Å². The van der Waals surface area contributed by atoms with Gasteiger partial charge in [0, 0.05) is 43.6 Å². The highest BCUT2D eigenvalue weighted by Gasteiger charge is 2.56. The third kappa shape index (κ3) is 6.13. The quantitative estimate of drug-likeness (QED) is 0.217. The number of pyridine rings is 2. The van der Waals surface area contributed by atoms with Gasteiger partial charge in [-0.05, 0) is 64.0 Å². The molecule has 4 heterocycles. The highest BCUT2D eigenvalue weighted by atomic mass is 19.3. The van der Waals surface area contributed by atoms with Crippen molar-refractivity contribution < 1.29 is 27.8 Å². The van der Waals surface area contributed by atoms with Crippen molar-refractivity contribution in [2.24, 2.45) is 0 Å². The number of aliphatic hydroxyl groups excluding tert-OH is 1. The van der Waals surface area contributed by atoms with Crippen LogP contribution in [0, 0.1) is 5.82 Å². The predicted octanol–water partition coefficient (Wildman–Crippen LogP) is 4.28. The number of aliphatic hydroxyl groups is 2. The van der Waals surface area contributed by atoms with Gasteiger partial charge >= 0.3 is 5.92 Å². The van der Waals surface area contributed by atoms with E-state index in [2.05, 4.69) is 35.3 Å². The molecular formula is C32H30F4N8O2. The Labute approximate surface area is 261 Å². The number of benzene rings is 2. The summed E-state index contributed by atoms with van der Waals surface area (Å²) in [5.74, 6) is -4.54. The van der Waals surface area contributed by atoms with E-state index in [9.17, 15) is 19.0 Å². The molecule has 1 saturated heterocycles. The molecule has 2 N–H and O–H groups in total. The SMILES string of the molecule is OC(CF)c1ccc(N2CCN(c3ccc(-c4ccc(C(F)(F)C(O)(Cn5cnnn5)c5ccc(F)cc5)nc4)cc3)CC2)cn1. The molecule has 10 nitrogen and oxygen atoms in total.